The van der Waals surface area contributed by atoms with Gasteiger partial charge in [0.1, 0.15) is 0 Å². The molecule has 0 heterocycles. The molecule has 3 nitrogen and oxygen atoms in total. The summed E-state index contributed by atoms with van der Waals surface area (Å²) in [6.07, 6.45) is -4.75. The van der Waals surface area contributed by atoms with Crippen molar-refractivity contribution in [3.8, 4) is 0 Å². The number of alkyl halides is 3. The maximum Gasteiger partial charge on any atom is 0.417 e. The van der Waals surface area contributed by atoms with E-state index in [1.54, 1.807) is 0 Å². The maximum absolute atomic E-state index is 12.8. The van der Waals surface area contributed by atoms with Crippen LogP contribution >= 0.6 is 23.2 Å². The molecule has 22 heavy (non-hydrogen) atoms. The molecule has 0 amide bonds. The van der Waals surface area contributed by atoms with Gasteiger partial charge in [-0.3, -0.25) is 4.72 Å². The van der Waals surface area contributed by atoms with Crippen LogP contribution in [0.1, 0.15) is 5.56 Å². The van der Waals surface area contributed by atoms with Crippen molar-refractivity contribution in [2.45, 2.75) is 11.1 Å². The third-order valence-corrected chi connectivity index (χ3v) is 4.50. The van der Waals surface area contributed by atoms with Crippen molar-refractivity contribution in [2.75, 3.05) is 4.72 Å². The van der Waals surface area contributed by atoms with Crippen LogP contribution in [0.3, 0.4) is 0 Å². The summed E-state index contributed by atoms with van der Waals surface area (Å²) in [7, 11) is -4.21. The fourth-order valence-corrected chi connectivity index (χ4v) is 2.96. The summed E-state index contributed by atoms with van der Waals surface area (Å²) < 4.78 is 64.6. The third-order valence-electron chi connectivity index (χ3n) is 2.57. The molecule has 2 aromatic rings. The van der Waals surface area contributed by atoms with Crippen molar-refractivity contribution in [3.63, 3.8) is 0 Å². The van der Waals surface area contributed by atoms with Gasteiger partial charge in [0.05, 0.1) is 21.2 Å². The van der Waals surface area contributed by atoms with Gasteiger partial charge in [-0.2, -0.15) is 13.2 Å². The molecule has 9 heteroatoms. The summed E-state index contributed by atoms with van der Waals surface area (Å²) >= 11 is 11.1. The van der Waals surface area contributed by atoms with Crippen LogP contribution in [0.5, 0.6) is 0 Å². The molecule has 0 bridgehead atoms. The predicted molar refractivity (Wildman–Crippen MR) is 77.6 cm³/mol. The highest BCUT2D eigenvalue weighted by molar-refractivity contribution is 7.92. The number of benzene rings is 2. The Kier molecular flexibility index (Phi) is 4.60. The first-order chi connectivity index (χ1) is 10.1. The Balaban J connectivity index is 2.39. The normalized spacial score (nSPS) is 12.2. The van der Waals surface area contributed by atoms with Gasteiger partial charge >= 0.3 is 6.18 Å². The Bertz CT molecular complexity index is 790. The number of rotatable bonds is 3. The lowest BCUT2D eigenvalue weighted by Crippen LogP contribution is -2.15. The molecule has 2 rings (SSSR count). The summed E-state index contributed by atoms with van der Waals surface area (Å²) in [5.41, 5.74) is -1.18. The van der Waals surface area contributed by atoms with Crippen molar-refractivity contribution in [1.29, 1.82) is 0 Å². The van der Waals surface area contributed by atoms with Crippen LogP contribution in [-0.4, -0.2) is 8.42 Å². The largest absolute Gasteiger partial charge is 0.417 e. The molecule has 0 saturated heterocycles. The molecule has 0 unspecified atom stereocenters. The Morgan fingerprint density at radius 3 is 2.32 bits per heavy atom. The van der Waals surface area contributed by atoms with Crippen LogP contribution in [0.4, 0.5) is 18.9 Å². The van der Waals surface area contributed by atoms with Crippen LogP contribution in [0.2, 0.25) is 10.0 Å². The number of sulfonamides is 1. The first kappa shape index (κ1) is 16.9. The maximum atomic E-state index is 12.8. The molecule has 0 aliphatic rings. The van der Waals surface area contributed by atoms with Crippen LogP contribution in [0.15, 0.2) is 41.3 Å². The number of hydrogen-bond donors (Lipinski definition) is 1. The van der Waals surface area contributed by atoms with E-state index in [2.05, 4.69) is 10.8 Å². The average Bonchev–Trinajstić information content (AvgIpc) is 2.40. The summed E-state index contributed by atoms with van der Waals surface area (Å²) in [5.74, 6) is 0. The van der Waals surface area contributed by atoms with Gasteiger partial charge in [0.2, 0.25) is 0 Å². The van der Waals surface area contributed by atoms with E-state index in [1.165, 1.54) is 18.2 Å². The van der Waals surface area contributed by atoms with Crippen LogP contribution < -0.4 is 4.72 Å². The highest BCUT2D eigenvalue weighted by Crippen LogP contribution is 2.36. The number of nitrogens with one attached hydrogen (secondary N) is 1. The minimum absolute atomic E-state index is 0.0490. The lowest BCUT2D eigenvalue weighted by atomic mass is 10.2. The van der Waals surface area contributed by atoms with Crippen molar-refractivity contribution in [3.05, 3.63) is 58.1 Å². The predicted octanol–water partition coefficient (Wildman–Crippen LogP) is 4.61. The van der Waals surface area contributed by atoms with Crippen LogP contribution in [0.25, 0.3) is 0 Å². The summed E-state index contributed by atoms with van der Waals surface area (Å²) in [4.78, 5) is -0.562. The second kappa shape index (κ2) is 5.98. The summed E-state index contributed by atoms with van der Waals surface area (Å²) in [6.45, 7) is 0. The van der Waals surface area contributed by atoms with Gasteiger partial charge in [-0.15, -0.1) is 0 Å². The van der Waals surface area contributed by atoms with E-state index < -0.39 is 31.7 Å². The third kappa shape index (κ3) is 3.85. The van der Waals surface area contributed by atoms with E-state index in [9.17, 15) is 21.6 Å². The van der Waals surface area contributed by atoms with Gasteiger partial charge in [-0.1, -0.05) is 23.2 Å². The standard InChI is InChI=1S/C13H7Cl2F3NO2S/c14-8-1-3-9(4-2-8)19-22(20,21)10-5-6-12(15)11(7-10)13(16,17)18/h1-3,5-7,19H. The molecule has 1 radical (unpaired) electrons. The molecule has 0 fully saturated rings. The average molecular weight is 369 g/mol. The molecular weight excluding hydrogens is 362 g/mol. The summed E-state index contributed by atoms with van der Waals surface area (Å²) in [6, 6.07) is 8.95. The molecule has 0 spiro atoms. The van der Waals surface area contributed by atoms with E-state index in [0.717, 1.165) is 12.1 Å². The quantitative estimate of drug-likeness (QED) is 0.859. The van der Waals surface area contributed by atoms with E-state index in [0.29, 0.717) is 11.1 Å². The minimum Gasteiger partial charge on any atom is -0.279 e. The van der Waals surface area contributed by atoms with E-state index in [1.807, 2.05) is 0 Å². The minimum atomic E-state index is -4.75. The highest BCUT2D eigenvalue weighted by atomic mass is 35.5. The SMILES string of the molecule is O=S(=O)(Nc1[c]cc(Cl)cc1)c1ccc(Cl)c(C(F)(F)F)c1. The monoisotopic (exact) mass is 368 g/mol. The van der Waals surface area contributed by atoms with Crippen molar-refractivity contribution >= 4 is 38.9 Å². The Hall–Kier alpha value is -1.44. The molecule has 0 atom stereocenters. The molecular formula is C13H7Cl2F3NO2S. The van der Waals surface area contributed by atoms with E-state index in [-0.39, 0.29) is 5.69 Å². The van der Waals surface area contributed by atoms with Crippen molar-refractivity contribution < 1.29 is 21.6 Å². The van der Waals surface area contributed by atoms with Gasteiger partial charge in [-0.05, 0) is 36.4 Å². The Morgan fingerprint density at radius 1 is 1.09 bits per heavy atom. The Labute approximate surface area is 134 Å². The number of hydrogen-bond acceptors (Lipinski definition) is 2. The molecule has 0 aliphatic carbocycles. The van der Waals surface area contributed by atoms with Crippen LogP contribution in [-0.2, 0) is 16.2 Å². The number of halogens is 5. The smallest absolute Gasteiger partial charge is 0.279 e. The van der Waals surface area contributed by atoms with Gasteiger partial charge in [0.25, 0.3) is 10.0 Å². The van der Waals surface area contributed by atoms with Gasteiger partial charge in [-0.25, -0.2) is 8.42 Å². The molecule has 0 aromatic heterocycles. The molecule has 117 valence electrons. The zero-order valence-electron chi connectivity index (χ0n) is 10.6. The zero-order valence-corrected chi connectivity index (χ0v) is 12.9. The first-order valence-electron chi connectivity index (χ1n) is 5.66. The van der Waals surface area contributed by atoms with Gasteiger partial charge < -0.3 is 0 Å². The lowest BCUT2D eigenvalue weighted by Gasteiger charge is -2.12. The Morgan fingerprint density at radius 2 is 1.77 bits per heavy atom. The molecule has 2 aromatic carbocycles. The van der Waals surface area contributed by atoms with E-state index >= 15 is 0 Å². The molecule has 0 saturated carbocycles. The molecule has 0 aliphatic heterocycles. The second-order valence-electron chi connectivity index (χ2n) is 4.17. The van der Waals surface area contributed by atoms with E-state index in [4.69, 9.17) is 23.2 Å². The first-order valence-corrected chi connectivity index (χ1v) is 7.90. The van der Waals surface area contributed by atoms with Gasteiger partial charge in [0.15, 0.2) is 0 Å². The van der Waals surface area contributed by atoms with Crippen LogP contribution in [0, 0.1) is 6.07 Å². The topological polar surface area (TPSA) is 46.2 Å². The van der Waals surface area contributed by atoms with Gasteiger partial charge in [0, 0.05) is 11.1 Å². The fraction of sp³-hybridized carbons (Fsp3) is 0.0769. The summed E-state index contributed by atoms with van der Waals surface area (Å²) in [5, 5.41) is -0.238. The lowest BCUT2D eigenvalue weighted by molar-refractivity contribution is -0.137. The highest BCUT2D eigenvalue weighted by Gasteiger charge is 2.34. The van der Waals surface area contributed by atoms with Crippen molar-refractivity contribution in [1.82, 2.24) is 0 Å². The number of anilines is 1. The second-order valence-corrected chi connectivity index (χ2v) is 6.69. The van der Waals surface area contributed by atoms with Crippen molar-refractivity contribution in [2.24, 2.45) is 0 Å². The fourth-order valence-electron chi connectivity index (χ4n) is 1.56. The molecule has 1 N–H and O–H groups in total. The zero-order chi connectivity index (χ0) is 16.5.